The van der Waals surface area contributed by atoms with Crippen LogP contribution in [0.4, 0.5) is 0 Å². The van der Waals surface area contributed by atoms with E-state index >= 15 is 0 Å². The molecule has 2 heteroatoms. The second-order valence-corrected chi connectivity index (χ2v) is 12.1. The maximum absolute atomic E-state index is 12.0. The van der Waals surface area contributed by atoms with Crippen molar-refractivity contribution >= 4 is 5.78 Å². The van der Waals surface area contributed by atoms with Crippen LogP contribution in [0.3, 0.4) is 0 Å². The van der Waals surface area contributed by atoms with Crippen molar-refractivity contribution in [2.75, 3.05) is 0 Å². The monoisotopic (exact) mass is 400 g/mol. The molecule has 1 N–H and O–H groups in total. The van der Waals surface area contributed by atoms with Crippen LogP contribution in [0.5, 0.6) is 0 Å². The van der Waals surface area contributed by atoms with Crippen molar-refractivity contribution < 1.29 is 9.90 Å². The van der Waals surface area contributed by atoms with Gasteiger partial charge in [0.15, 0.2) is 5.78 Å². The van der Waals surface area contributed by atoms with Gasteiger partial charge in [-0.15, -0.1) is 0 Å². The molecule has 4 aliphatic carbocycles. The van der Waals surface area contributed by atoms with E-state index in [0.29, 0.717) is 29.0 Å². The van der Waals surface area contributed by atoms with Crippen LogP contribution in [-0.4, -0.2) is 17.0 Å². The van der Waals surface area contributed by atoms with Gasteiger partial charge in [0.25, 0.3) is 0 Å². The SMILES string of the molecule is CC(C)CC[C@H](O)[C@@H](C)[C@H]1CC[C@H]2[C@@H]3CCC4=CC(=O)CC[C@]4(C)[C@H]3CC[C@]12C. The fourth-order valence-electron chi connectivity index (χ4n) is 8.50. The number of fused-ring (bicyclic) bond motifs is 5. The lowest BCUT2D eigenvalue weighted by Gasteiger charge is -2.58. The van der Waals surface area contributed by atoms with E-state index in [1.807, 2.05) is 6.08 Å². The lowest BCUT2D eigenvalue weighted by atomic mass is 9.46. The van der Waals surface area contributed by atoms with Gasteiger partial charge in [0.1, 0.15) is 0 Å². The Hall–Kier alpha value is -0.630. The van der Waals surface area contributed by atoms with E-state index in [4.69, 9.17) is 0 Å². The Morgan fingerprint density at radius 2 is 1.76 bits per heavy atom. The Bertz CT molecular complexity index is 663. The molecule has 0 amide bonds. The highest BCUT2D eigenvalue weighted by atomic mass is 16.3. The summed E-state index contributed by atoms with van der Waals surface area (Å²) in [6, 6.07) is 0. The normalized spacial score (nSPS) is 44.0. The lowest BCUT2D eigenvalue weighted by Crippen LogP contribution is -2.51. The summed E-state index contributed by atoms with van der Waals surface area (Å²) in [4.78, 5) is 12.0. The molecule has 0 aromatic carbocycles. The first-order valence-electron chi connectivity index (χ1n) is 12.6. The first-order valence-corrected chi connectivity index (χ1v) is 12.6. The van der Waals surface area contributed by atoms with Crippen molar-refractivity contribution in [3.8, 4) is 0 Å². The Balaban J connectivity index is 1.52. The van der Waals surface area contributed by atoms with Gasteiger partial charge in [-0.2, -0.15) is 0 Å². The standard InChI is InChI=1S/C27H44O2/c1-17(2)6-11-25(29)18(3)22-9-10-23-21-8-7-19-16-20(28)12-14-26(19,4)24(21)13-15-27(22,23)5/h16-18,21-25,29H,6-15H2,1-5H3/t18-,21-,22+,23-,24-,25-,26-,27+/m0/s1. The van der Waals surface area contributed by atoms with Crippen LogP contribution < -0.4 is 0 Å². The van der Waals surface area contributed by atoms with E-state index in [1.165, 1.54) is 37.7 Å². The van der Waals surface area contributed by atoms with Gasteiger partial charge in [0.2, 0.25) is 0 Å². The van der Waals surface area contributed by atoms with Crippen LogP contribution in [-0.2, 0) is 4.79 Å². The van der Waals surface area contributed by atoms with Crippen LogP contribution in [0.1, 0.15) is 98.8 Å². The second kappa shape index (κ2) is 7.81. The number of carbonyl (C=O) groups excluding carboxylic acids is 1. The molecular weight excluding hydrogens is 356 g/mol. The zero-order valence-corrected chi connectivity index (χ0v) is 19.5. The van der Waals surface area contributed by atoms with Crippen molar-refractivity contribution in [1.82, 2.24) is 0 Å². The average molecular weight is 401 g/mol. The average Bonchev–Trinajstić information content (AvgIpc) is 3.03. The van der Waals surface area contributed by atoms with E-state index in [1.54, 1.807) is 0 Å². The van der Waals surface area contributed by atoms with Crippen molar-refractivity contribution in [1.29, 1.82) is 0 Å². The smallest absolute Gasteiger partial charge is 0.155 e. The fraction of sp³-hybridized carbons (Fsp3) is 0.889. The number of aliphatic hydroxyl groups excluding tert-OH is 1. The number of carbonyl (C=O) groups is 1. The minimum Gasteiger partial charge on any atom is -0.393 e. The molecule has 3 saturated carbocycles. The molecule has 0 aliphatic heterocycles. The number of aliphatic hydroxyl groups is 1. The molecule has 4 aliphatic rings. The maximum atomic E-state index is 12.0. The molecule has 164 valence electrons. The molecule has 0 heterocycles. The zero-order chi connectivity index (χ0) is 21.0. The van der Waals surface area contributed by atoms with E-state index in [0.717, 1.165) is 49.9 Å². The number of rotatable bonds is 5. The van der Waals surface area contributed by atoms with E-state index in [-0.39, 0.29) is 11.5 Å². The molecule has 0 bridgehead atoms. The maximum Gasteiger partial charge on any atom is 0.155 e. The van der Waals surface area contributed by atoms with Gasteiger partial charge in [-0.25, -0.2) is 0 Å². The molecule has 29 heavy (non-hydrogen) atoms. The summed E-state index contributed by atoms with van der Waals surface area (Å²) in [6.07, 6.45) is 13.6. The highest BCUT2D eigenvalue weighted by Crippen LogP contribution is 2.67. The summed E-state index contributed by atoms with van der Waals surface area (Å²) in [5, 5.41) is 10.9. The fourth-order valence-corrected chi connectivity index (χ4v) is 8.50. The van der Waals surface area contributed by atoms with Crippen molar-refractivity contribution in [2.24, 2.45) is 46.3 Å². The molecule has 0 radical (unpaired) electrons. The number of allylic oxidation sites excluding steroid dienone is 1. The molecule has 8 atom stereocenters. The van der Waals surface area contributed by atoms with E-state index < -0.39 is 0 Å². The van der Waals surface area contributed by atoms with Crippen LogP contribution in [0.15, 0.2) is 11.6 Å². The Morgan fingerprint density at radius 3 is 2.48 bits per heavy atom. The number of hydrogen-bond acceptors (Lipinski definition) is 2. The van der Waals surface area contributed by atoms with Gasteiger partial charge in [-0.05, 0) is 110 Å². The molecule has 2 nitrogen and oxygen atoms in total. The third-order valence-electron chi connectivity index (χ3n) is 10.3. The number of hydrogen-bond donors (Lipinski definition) is 1. The predicted octanol–water partition coefficient (Wildman–Crippen LogP) is 6.57. The van der Waals surface area contributed by atoms with E-state index in [2.05, 4.69) is 34.6 Å². The molecule has 3 fully saturated rings. The van der Waals surface area contributed by atoms with Gasteiger partial charge in [-0.1, -0.05) is 40.2 Å². The Morgan fingerprint density at radius 1 is 1.00 bits per heavy atom. The zero-order valence-electron chi connectivity index (χ0n) is 19.5. The summed E-state index contributed by atoms with van der Waals surface area (Å²) in [6.45, 7) is 11.9. The lowest BCUT2D eigenvalue weighted by molar-refractivity contribution is -0.117. The molecule has 4 rings (SSSR count). The highest BCUT2D eigenvalue weighted by Gasteiger charge is 2.59. The van der Waals surface area contributed by atoms with Crippen LogP contribution >= 0.6 is 0 Å². The van der Waals surface area contributed by atoms with Gasteiger partial charge in [-0.3, -0.25) is 4.79 Å². The first kappa shape index (κ1) is 21.6. The molecule has 0 aromatic heterocycles. The first-order chi connectivity index (χ1) is 13.7. The van der Waals surface area contributed by atoms with Crippen molar-refractivity contribution in [3.05, 3.63) is 11.6 Å². The van der Waals surface area contributed by atoms with Crippen molar-refractivity contribution in [2.45, 2.75) is 105 Å². The topological polar surface area (TPSA) is 37.3 Å². The summed E-state index contributed by atoms with van der Waals surface area (Å²) in [5.41, 5.74) is 2.16. The Kier molecular flexibility index (Phi) is 5.82. The van der Waals surface area contributed by atoms with Crippen LogP contribution in [0, 0.1) is 46.3 Å². The minimum absolute atomic E-state index is 0.140. The summed E-state index contributed by atoms with van der Waals surface area (Å²) >= 11 is 0. The third kappa shape index (κ3) is 3.56. The van der Waals surface area contributed by atoms with Crippen LogP contribution in [0.2, 0.25) is 0 Å². The molecular formula is C27H44O2. The third-order valence-corrected chi connectivity index (χ3v) is 10.3. The van der Waals surface area contributed by atoms with Crippen molar-refractivity contribution in [3.63, 3.8) is 0 Å². The van der Waals surface area contributed by atoms with Gasteiger partial charge in [0, 0.05) is 6.42 Å². The molecule has 0 unspecified atom stereocenters. The second-order valence-electron chi connectivity index (χ2n) is 12.1. The minimum atomic E-state index is -0.140. The molecule has 0 saturated heterocycles. The quantitative estimate of drug-likeness (QED) is 0.567. The number of ketones is 1. The van der Waals surface area contributed by atoms with E-state index in [9.17, 15) is 9.90 Å². The summed E-state index contributed by atoms with van der Waals surface area (Å²) in [7, 11) is 0. The van der Waals surface area contributed by atoms with Gasteiger partial charge in [0.05, 0.1) is 6.10 Å². The van der Waals surface area contributed by atoms with Gasteiger partial charge < -0.3 is 5.11 Å². The predicted molar refractivity (Wildman–Crippen MR) is 119 cm³/mol. The highest BCUT2D eigenvalue weighted by molar-refractivity contribution is 5.91. The molecule has 0 spiro atoms. The largest absolute Gasteiger partial charge is 0.393 e. The Labute approximate surface area is 178 Å². The van der Waals surface area contributed by atoms with Gasteiger partial charge >= 0.3 is 0 Å². The molecule has 0 aromatic rings. The summed E-state index contributed by atoms with van der Waals surface area (Å²) in [5.74, 6) is 4.55. The summed E-state index contributed by atoms with van der Waals surface area (Å²) < 4.78 is 0. The van der Waals surface area contributed by atoms with Crippen LogP contribution in [0.25, 0.3) is 0 Å².